The van der Waals surface area contributed by atoms with E-state index >= 15 is 8.78 Å². The predicted octanol–water partition coefficient (Wildman–Crippen LogP) is 14.2. The Hall–Kier alpha value is -4.73. The van der Waals surface area contributed by atoms with Gasteiger partial charge in [-0.3, -0.25) is 15.3 Å². The average Bonchev–Trinajstić information content (AvgIpc) is 3.24. The van der Waals surface area contributed by atoms with Crippen LogP contribution in [0, 0.1) is 17.6 Å². The molecule has 2 aromatic rings. The minimum Gasteiger partial charge on any atom is -0.491 e. The minimum absolute atomic E-state index is 0.0553. The number of allylic oxidation sites excluding steroid dienone is 3. The van der Waals surface area contributed by atoms with Crippen molar-refractivity contribution in [3.8, 4) is 5.75 Å². The fourth-order valence-corrected chi connectivity index (χ4v) is 11.4. The molecule has 2 atom stereocenters. The van der Waals surface area contributed by atoms with Gasteiger partial charge in [-0.25, -0.2) is 19.1 Å². The van der Waals surface area contributed by atoms with E-state index in [4.69, 9.17) is 19.1 Å². The van der Waals surface area contributed by atoms with E-state index in [0.717, 1.165) is 18.2 Å². The number of hydrogen-bond donors (Lipinski definition) is 3. The molecule has 0 heterocycles. The van der Waals surface area contributed by atoms with Crippen LogP contribution in [0.3, 0.4) is 0 Å². The van der Waals surface area contributed by atoms with Crippen LogP contribution in [0.4, 0.5) is 93.9 Å². The molecule has 0 unspecified atom stereocenters. The number of hydrogen-bond acceptors (Lipinski definition) is 6. The standard InChI is InChI=1S/C42H47F19N2O6Si/c1-23(2)70(24(3)4,20-17-35(45,46)36(47,48)37(49,50)38(51,52)39(53,54)40(55,56)41(57,58)42(59,60)61)68-19-18-67-29-14-11-27(12-15-29)33(26(6)10-8-7-9-25(5)21-32(64)63-66)69-34(65)62-31-16-13-28(43)22-30(31)44/h7,9,11-16,21-24,26,33,66H,8,10,17-20H2,1-6H3,(H,62,65)(H,63,64)/b9-7+,25-21+/t26-,33+/m0/s1. The zero-order valence-corrected chi connectivity index (χ0v) is 38.5. The quantitative estimate of drug-likeness (QED) is 0.0174. The number of carbonyl (C=O) groups excluding carboxylic acids is 2. The fraction of sp³-hybridized carbons (Fsp3) is 0.571. The second kappa shape index (κ2) is 22.8. The van der Waals surface area contributed by atoms with Gasteiger partial charge in [0.1, 0.15) is 30.1 Å². The summed E-state index contributed by atoms with van der Waals surface area (Å²) in [6, 6.07) is 6.48. The highest BCUT2D eigenvalue weighted by Crippen LogP contribution is 2.64. The molecule has 2 rings (SSSR count). The highest BCUT2D eigenvalue weighted by Gasteiger charge is 2.95. The molecule has 0 bridgehead atoms. The number of nitrogens with one attached hydrogen (secondary N) is 2. The summed E-state index contributed by atoms with van der Waals surface area (Å²) >= 11 is 0. The van der Waals surface area contributed by atoms with Gasteiger partial charge >= 0.3 is 53.7 Å². The first-order valence-corrected chi connectivity index (χ1v) is 22.8. The molecule has 3 N–H and O–H groups in total. The number of ether oxygens (including phenoxy) is 2. The lowest BCUT2D eigenvalue weighted by Crippen LogP contribution is -2.74. The maximum Gasteiger partial charge on any atom is 0.460 e. The third-order valence-electron chi connectivity index (χ3n) is 11.1. The summed E-state index contributed by atoms with van der Waals surface area (Å²) in [5.41, 5.74) is -0.0437. The van der Waals surface area contributed by atoms with Gasteiger partial charge in [-0.05, 0) is 78.2 Å². The molecule has 0 aliphatic rings. The summed E-state index contributed by atoms with van der Waals surface area (Å²) in [7, 11) is -4.06. The van der Waals surface area contributed by atoms with Crippen molar-refractivity contribution in [2.24, 2.45) is 5.92 Å². The highest BCUT2D eigenvalue weighted by molar-refractivity contribution is 6.76. The first-order valence-electron chi connectivity index (χ1n) is 20.5. The van der Waals surface area contributed by atoms with Gasteiger partial charge in [-0.2, -0.15) is 74.6 Å². The van der Waals surface area contributed by atoms with Gasteiger partial charge in [0.25, 0.3) is 5.91 Å². The van der Waals surface area contributed by atoms with Crippen molar-refractivity contribution in [2.75, 3.05) is 18.5 Å². The van der Waals surface area contributed by atoms with E-state index in [1.807, 2.05) is 0 Å². The third kappa shape index (κ3) is 13.0. The summed E-state index contributed by atoms with van der Waals surface area (Å²) in [6.07, 6.45) is -7.66. The second-order valence-corrected chi connectivity index (χ2v) is 21.6. The van der Waals surface area contributed by atoms with Crippen molar-refractivity contribution in [2.45, 2.75) is 132 Å². The van der Waals surface area contributed by atoms with Gasteiger partial charge in [-0.15, -0.1) is 0 Å². The number of halogens is 19. The van der Waals surface area contributed by atoms with Gasteiger partial charge in [0.2, 0.25) is 0 Å². The summed E-state index contributed by atoms with van der Waals surface area (Å²) in [6.45, 7) is 7.35. The number of benzene rings is 2. The van der Waals surface area contributed by atoms with Crippen molar-refractivity contribution in [3.63, 3.8) is 0 Å². The Morgan fingerprint density at radius 3 is 1.71 bits per heavy atom. The Morgan fingerprint density at radius 1 is 0.714 bits per heavy atom. The van der Waals surface area contributed by atoms with Crippen LogP contribution in [-0.2, 0) is 14.0 Å². The highest BCUT2D eigenvalue weighted by atomic mass is 28.4. The molecule has 0 saturated carbocycles. The fourth-order valence-electron chi connectivity index (χ4n) is 6.93. The number of alkyl halides is 17. The largest absolute Gasteiger partial charge is 0.491 e. The Morgan fingerprint density at radius 2 is 1.23 bits per heavy atom. The number of hydroxylamine groups is 1. The van der Waals surface area contributed by atoms with Crippen molar-refractivity contribution < 1.29 is 112 Å². The smallest absolute Gasteiger partial charge is 0.460 e. The molecule has 0 aliphatic heterocycles. The molecule has 8 nitrogen and oxygen atoms in total. The Balaban J connectivity index is 2.31. The van der Waals surface area contributed by atoms with Gasteiger partial charge in [0.15, 0.2) is 8.32 Å². The topological polar surface area (TPSA) is 106 Å². The molecule has 28 heteroatoms. The number of amides is 2. The minimum atomic E-state index is -8.72. The Kier molecular flexibility index (Phi) is 20.0. The molecule has 0 radical (unpaired) electrons. The SMILES string of the molecule is CC(/C=C/CC[C@H](C)[C@@H](OC(=O)Nc1ccc(F)cc1F)c1ccc(OCCO[Si](CCC(F)(F)C(F)(F)C(F)(F)C(F)(F)C(F)(F)C(F)(F)C(F)(F)C(F)(F)F)(C(C)C)C(C)C)cc1)=C\C(=O)NO. The zero-order valence-electron chi connectivity index (χ0n) is 37.5. The van der Waals surface area contributed by atoms with Crippen LogP contribution in [0.1, 0.15) is 72.5 Å². The lowest BCUT2D eigenvalue weighted by Gasteiger charge is -2.44. The number of carbonyl (C=O) groups is 2. The maximum atomic E-state index is 15.0. The van der Waals surface area contributed by atoms with Gasteiger partial charge in [0.05, 0.1) is 12.3 Å². The van der Waals surface area contributed by atoms with Crippen LogP contribution < -0.4 is 15.5 Å². The van der Waals surface area contributed by atoms with E-state index in [0.29, 0.717) is 30.0 Å². The Labute approximate surface area is 388 Å². The molecule has 398 valence electrons. The van der Waals surface area contributed by atoms with Gasteiger partial charge < -0.3 is 13.9 Å². The second-order valence-electron chi connectivity index (χ2n) is 16.6. The van der Waals surface area contributed by atoms with Crippen LogP contribution in [0.25, 0.3) is 0 Å². The normalized spacial score (nSPS) is 15.1. The molecule has 0 fully saturated rings. The van der Waals surface area contributed by atoms with E-state index in [2.05, 4.69) is 5.32 Å². The maximum absolute atomic E-state index is 15.0. The summed E-state index contributed by atoms with van der Waals surface area (Å²) in [5.74, 6) is -60.3. The lowest BCUT2D eigenvalue weighted by molar-refractivity contribution is -0.461. The zero-order chi connectivity index (χ0) is 54.3. The van der Waals surface area contributed by atoms with Crippen molar-refractivity contribution >= 4 is 26.0 Å². The molecule has 2 aromatic carbocycles. The van der Waals surface area contributed by atoms with E-state index in [1.165, 1.54) is 57.4 Å². The van der Waals surface area contributed by atoms with E-state index in [1.54, 1.807) is 26.0 Å². The summed E-state index contributed by atoms with van der Waals surface area (Å²) < 4.78 is 281. The van der Waals surface area contributed by atoms with Crippen LogP contribution in [0.2, 0.25) is 17.1 Å². The van der Waals surface area contributed by atoms with Crippen molar-refractivity contribution in [3.05, 3.63) is 83.5 Å². The van der Waals surface area contributed by atoms with Crippen LogP contribution in [-0.4, -0.2) is 86.4 Å². The monoisotopic (exact) mass is 1060 g/mol. The molecule has 70 heavy (non-hydrogen) atoms. The first kappa shape index (κ1) is 61.4. The van der Waals surface area contributed by atoms with E-state index in [9.17, 15) is 84.2 Å². The van der Waals surface area contributed by atoms with Crippen LogP contribution in [0.15, 0.2) is 66.3 Å². The van der Waals surface area contributed by atoms with E-state index in [-0.39, 0.29) is 5.75 Å². The Bertz CT molecular complexity index is 2130. The van der Waals surface area contributed by atoms with E-state index < -0.39 is 134 Å². The molecule has 2 amide bonds. The van der Waals surface area contributed by atoms with Crippen LogP contribution >= 0.6 is 0 Å². The predicted molar refractivity (Wildman–Crippen MR) is 214 cm³/mol. The first-order chi connectivity index (χ1) is 31.7. The van der Waals surface area contributed by atoms with Gasteiger partial charge in [0, 0.05) is 18.6 Å². The molecular weight excluding hydrogens is 1020 g/mol. The van der Waals surface area contributed by atoms with Crippen molar-refractivity contribution in [1.82, 2.24) is 5.48 Å². The molecule has 0 spiro atoms. The molecular formula is C42H47F19N2O6Si. The van der Waals surface area contributed by atoms with Crippen molar-refractivity contribution in [1.29, 1.82) is 0 Å². The molecule has 0 aliphatic carbocycles. The third-order valence-corrected chi connectivity index (χ3v) is 16.7. The average molecular weight is 1060 g/mol. The molecule has 0 saturated heterocycles. The number of rotatable bonds is 25. The lowest BCUT2D eigenvalue weighted by atomic mass is 9.88. The van der Waals surface area contributed by atoms with Gasteiger partial charge in [-0.1, -0.05) is 58.9 Å². The summed E-state index contributed by atoms with van der Waals surface area (Å²) in [4.78, 5) is 24.3. The number of anilines is 1. The van der Waals surface area contributed by atoms with Crippen LogP contribution in [0.5, 0.6) is 5.75 Å². The summed E-state index contributed by atoms with van der Waals surface area (Å²) in [5, 5.41) is 10.8. The molecule has 0 aromatic heterocycles.